The quantitative estimate of drug-likeness (QED) is 0.324. The van der Waals surface area contributed by atoms with Crippen molar-refractivity contribution in [3.63, 3.8) is 0 Å². The summed E-state index contributed by atoms with van der Waals surface area (Å²) >= 11 is 1.63. The Morgan fingerprint density at radius 1 is 0.973 bits per heavy atom. The standard InChI is InChI=1S/C28H32N8S/c1-4-21-6-5-7-22(18-21)8-9-25-31-26(34-28-30-19-24(37-28)20(2)3)33-27(32-25)36-16-14-35(15-17-36)23-10-12-29-13-11-23/h5-13,18-20H,4,14-17H2,1-3H3,(H,30,31,32,33,34)/b9-8+. The first-order valence-corrected chi connectivity index (χ1v) is 13.5. The fourth-order valence-electron chi connectivity index (χ4n) is 4.17. The predicted octanol–water partition coefficient (Wildman–Crippen LogP) is 5.65. The Morgan fingerprint density at radius 2 is 1.76 bits per heavy atom. The van der Waals surface area contributed by atoms with Crippen molar-refractivity contribution in [2.75, 3.05) is 41.3 Å². The van der Waals surface area contributed by atoms with Crippen LogP contribution in [0.1, 0.15) is 48.5 Å². The Morgan fingerprint density at radius 3 is 2.49 bits per heavy atom. The van der Waals surface area contributed by atoms with Gasteiger partial charge in [0.1, 0.15) is 0 Å². The molecular formula is C28H32N8S. The molecule has 190 valence electrons. The monoisotopic (exact) mass is 512 g/mol. The van der Waals surface area contributed by atoms with E-state index in [1.165, 1.54) is 16.1 Å². The van der Waals surface area contributed by atoms with E-state index in [2.05, 4.69) is 88.3 Å². The largest absolute Gasteiger partial charge is 0.368 e. The fourth-order valence-corrected chi connectivity index (χ4v) is 4.98. The van der Waals surface area contributed by atoms with Crippen LogP contribution in [-0.2, 0) is 6.42 Å². The third kappa shape index (κ3) is 6.29. The fraction of sp³-hybridized carbons (Fsp3) is 0.321. The van der Waals surface area contributed by atoms with E-state index in [4.69, 9.17) is 15.0 Å². The van der Waals surface area contributed by atoms with Gasteiger partial charge in [0, 0.05) is 55.3 Å². The molecule has 3 aromatic heterocycles. The molecule has 1 aliphatic heterocycles. The number of pyridine rings is 1. The Labute approximate surface area is 222 Å². The van der Waals surface area contributed by atoms with Crippen molar-refractivity contribution in [2.24, 2.45) is 0 Å². The topological polar surface area (TPSA) is 83.0 Å². The Bertz CT molecular complexity index is 1340. The normalized spacial score (nSPS) is 14.1. The van der Waals surface area contributed by atoms with E-state index in [-0.39, 0.29) is 0 Å². The molecule has 0 atom stereocenters. The maximum Gasteiger partial charge on any atom is 0.234 e. The first-order chi connectivity index (χ1) is 18.1. The summed E-state index contributed by atoms with van der Waals surface area (Å²) in [7, 11) is 0. The Balaban J connectivity index is 1.39. The molecule has 1 saturated heterocycles. The molecule has 4 heterocycles. The second-order valence-corrected chi connectivity index (χ2v) is 10.3. The van der Waals surface area contributed by atoms with Gasteiger partial charge in [-0.2, -0.15) is 15.0 Å². The number of anilines is 4. The molecule has 4 aromatic rings. The number of benzene rings is 1. The minimum atomic E-state index is 0.427. The molecule has 9 heteroatoms. The summed E-state index contributed by atoms with van der Waals surface area (Å²) < 4.78 is 0. The molecular weight excluding hydrogens is 480 g/mol. The van der Waals surface area contributed by atoms with Gasteiger partial charge in [0.2, 0.25) is 11.9 Å². The van der Waals surface area contributed by atoms with Crippen LogP contribution >= 0.6 is 11.3 Å². The third-order valence-corrected chi connectivity index (χ3v) is 7.54. The van der Waals surface area contributed by atoms with Crippen molar-refractivity contribution in [2.45, 2.75) is 33.1 Å². The molecule has 1 fully saturated rings. The number of hydrogen-bond acceptors (Lipinski definition) is 9. The van der Waals surface area contributed by atoms with Crippen LogP contribution in [0.4, 0.5) is 22.7 Å². The zero-order valence-corrected chi connectivity index (χ0v) is 22.3. The number of aryl methyl sites for hydroxylation is 1. The third-order valence-electron chi connectivity index (χ3n) is 6.33. The van der Waals surface area contributed by atoms with Gasteiger partial charge in [-0.3, -0.25) is 10.3 Å². The number of thiazole rings is 1. The van der Waals surface area contributed by atoms with Crippen molar-refractivity contribution in [1.82, 2.24) is 24.9 Å². The molecule has 0 radical (unpaired) electrons. The Kier molecular flexibility index (Phi) is 7.70. The van der Waals surface area contributed by atoms with Gasteiger partial charge in [0.15, 0.2) is 11.0 Å². The van der Waals surface area contributed by atoms with Crippen LogP contribution in [0.3, 0.4) is 0 Å². The maximum absolute atomic E-state index is 4.82. The number of hydrogen-bond donors (Lipinski definition) is 1. The minimum absolute atomic E-state index is 0.427. The molecule has 37 heavy (non-hydrogen) atoms. The highest BCUT2D eigenvalue weighted by Crippen LogP contribution is 2.27. The summed E-state index contributed by atoms with van der Waals surface area (Å²) in [5.41, 5.74) is 3.62. The summed E-state index contributed by atoms with van der Waals surface area (Å²) in [4.78, 5) is 28.8. The highest BCUT2D eigenvalue weighted by atomic mass is 32.1. The first kappa shape index (κ1) is 24.8. The molecule has 1 N–H and O–H groups in total. The molecule has 5 rings (SSSR count). The maximum atomic E-state index is 4.82. The van der Waals surface area contributed by atoms with Crippen molar-refractivity contribution < 1.29 is 0 Å². The summed E-state index contributed by atoms with van der Waals surface area (Å²) in [6, 6.07) is 12.6. The van der Waals surface area contributed by atoms with E-state index in [1.54, 1.807) is 11.3 Å². The van der Waals surface area contributed by atoms with Gasteiger partial charge in [0.25, 0.3) is 0 Å². The lowest BCUT2D eigenvalue weighted by Crippen LogP contribution is -2.47. The summed E-state index contributed by atoms with van der Waals surface area (Å²) in [6.45, 7) is 9.91. The summed E-state index contributed by atoms with van der Waals surface area (Å²) in [6.07, 6.45) is 10.6. The average molecular weight is 513 g/mol. The molecule has 1 aromatic carbocycles. The second-order valence-electron chi connectivity index (χ2n) is 9.28. The van der Waals surface area contributed by atoms with Crippen LogP contribution in [0.15, 0.2) is 55.0 Å². The van der Waals surface area contributed by atoms with Crippen LogP contribution in [-0.4, -0.2) is 51.1 Å². The van der Waals surface area contributed by atoms with Crippen molar-refractivity contribution in [3.8, 4) is 0 Å². The molecule has 0 aliphatic carbocycles. The van der Waals surface area contributed by atoms with E-state index in [1.807, 2.05) is 24.7 Å². The minimum Gasteiger partial charge on any atom is -0.368 e. The van der Waals surface area contributed by atoms with E-state index < -0.39 is 0 Å². The molecule has 8 nitrogen and oxygen atoms in total. The van der Waals surface area contributed by atoms with Gasteiger partial charge in [-0.15, -0.1) is 11.3 Å². The van der Waals surface area contributed by atoms with E-state index in [0.29, 0.717) is 23.6 Å². The molecule has 0 saturated carbocycles. The molecule has 0 spiro atoms. The van der Waals surface area contributed by atoms with Gasteiger partial charge in [0.05, 0.1) is 0 Å². The highest BCUT2D eigenvalue weighted by Gasteiger charge is 2.21. The molecule has 0 unspecified atom stereocenters. The van der Waals surface area contributed by atoms with E-state index in [0.717, 1.165) is 43.3 Å². The summed E-state index contributed by atoms with van der Waals surface area (Å²) in [5.74, 6) is 2.23. The van der Waals surface area contributed by atoms with Crippen molar-refractivity contribution in [1.29, 1.82) is 0 Å². The number of nitrogens with zero attached hydrogens (tertiary/aromatic N) is 7. The van der Waals surface area contributed by atoms with Crippen LogP contribution in [0, 0.1) is 0 Å². The van der Waals surface area contributed by atoms with Crippen molar-refractivity contribution in [3.05, 3.63) is 76.8 Å². The van der Waals surface area contributed by atoms with Crippen molar-refractivity contribution >= 4 is 46.2 Å². The highest BCUT2D eigenvalue weighted by molar-refractivity contribution is 7.15. The van der Waals surface area contributed by atoms with E-state index in [9.17, 15) is 0 Å². The molecule has 0 bridgehead atoms. The van der Waals surface area contributed by atoms with Crippen LogP contribution in [0.5, 0.6) is 0 Å². The smallest absolute Gasteiger partial charge is 0.234 e. The van der Waals surface area contributed by atoms with Gasteiger partial charge in [-0.05, 0) is 41.7 Å². The van der Waals surface area contributed by atoms with E-state index >= 15 is 0 Å². The number of aromatic nitrogens is 5. The lowest BCUT2D eigenvalue weighted by Gasteiger charge is -2.36. The first-order valence-electron chi connectivity index (χ1n) is 12.7. The number of nitrogens with one attached hydrogen (secondary N) is 1. The van der Waals surface area contributed by atoms with Crippen LogP contribution < -0.4 is 15.1 Å². The SMILES string of the molecule is CCc1cccc(/C=C/c2nc(Nc3ncc(C(C)C)s3)nc(N3CCN(c4ccncc4)CC3)n2)c1. The van der Waals surface area contributed by atoms with Gasteiger partial charge in [-0.25, -0.2) is 4.98 Å². The van der Waals surface area contributed by atoms with Gasteiger partial charge >= 0.3 is 0 Å². The zero-order valence-electron chi connectivity index (χ0n) is 21.5. The average Bonchev–Trinajstić information content (AvgIpc) is 3.41. The lowest BCUT2D eigenvalue weighted by atomic mass is 10.1. The lowest BCUT2D eigenvalue weighted by molar-refractivity contribution is 0.638. The zero-order chi connectivity index (χ0) is 25.6. The number of rotatable bonds is 8. The van der Waals surface area contributed by atoms with Gasteiger partial charge < -0.3 is 9.80 Å². The summed E-state index contributed by atoms with van der Waals surface area (Å²) in [5, 5.41) is 4.10. The predicted molar refractivity (Wildman–Crippen MR) is 153 cm³/mol. The second kappa shape index (κ2) is 11.5. The van der Waals surface area contributed by atoms with Crippen LogP contribution in [0.25, 0.3) is 12.2 Å². The van der Waals surface area contributed by atoms with Gasteiger partial charge in [-0.1, -0.05) is 51.1 Å². The molecule has 0 amide bonds. The molecule has 1 aliphatic rings. The van der Waals surface area contributed by atoms with Crippen LogP contribution in [0.2, 0.25) is 0 Å². The number of piperazine rings is 1. The Hall–Kier alpha value is -3.85.